The van der Waals surface area contributed by atoms with Crippen LogP contribution in [0.3, 0.4) is 0 Å². The van der Waals surface area contributed by atoms with Crippen molar-refractivity contribution in [3.05, 3.63) is 39.3 Å². The molecule has 2 N–H and O–H groups in total. The van der Waals surface area contributed by atoms with Gasteiger partial charge in [-0.3, -0.25) is 10.1 Å². The lowest BCUT2D eigenvalue weighted by atomic mass is 10.3. The summed E-state index contributed by atoms with van der Waals surface area (Å²) >= 11 is 12.5. The van der Waals surface area contributed by atoms with Crippen molar-refractivity contribution in [1.82, 2.24) is 4.98 Å². The number of ether oxygens (including phenoxy) is 1. The minimum atomic E-state index is -1.10. The number of carbonyl (C=O) groups excluding carboxylic acids is 1. The number of hydrogen-bond donors (Lipinski definition) is 2. The Kier molecular flexibility index (Phi) is 5.00. The van der Waals surface area contributed by atoms with E-state index in [4.69, 9.17) is 33.0 Å². The predicted molar refractivity (Wildman–Crippen MR) is 79.7 cm³/mol. The van der Waals surface area contributed by atoms with Crippen LogP contribution < -0.4 is 10.1 Å². The third-order valence-corrected chi connectivity index (χ3v) is 3.65. The van der Waals surface area contributed by atoms with Crippen LogP contribution in [0.5, 0.6) is 5.75 Å². The topological polar surface area (TPSA) is 88.5 Å². The molecule has 0 saturated heterocycles. The maximum absolute atomic E-state index is 11.7. The molecule has 0 aliphatic carbocycles. The molecular formula is C12H8Cl2N2O4S. The fourth-order valence-corrected chi connectivity index (χ4v) is 2.46. The Morgan fingerprint density at radius 3 is 2.76 bits per heavy atom. The van der Waals surface area contributed by atoms with Crippen LogP contribution in [-0.2, 0) is 4.79 Å². The second-order valence-electron chi connectivity index (χ2n) is 3.75. The van der Waals surface area contributed by atoms with Crippen LogP contribution in [0, 0.1) is 0 Å². The van der Waals surface area contributed by atoms with Gasteiger partial charge in [0, 0.05) is 5.02 Å². The standard InChI is InChI=1S/C12H8Cl2N2O4S/c13-6-1-2-8(7(14)3-6)20-5-10(17)16-12-15-4-9(21-12)11(18)19/h1-4H,5H2,(H,18,19)(H,15,16,17). The van der Waals surface area contributed by atoms with E-state index in [9.17, 15) is 9.59 Å². The first-order valence-electron chi connectivity index (χ1n) is 5.52. The molecule has 0 unspecified atom stereocenters. The van der Waals surface area contributed by atoms with E-state index < -0.39 is 11.9 Å². The largest absolute Gasteiger partial charge is 0.482 e. The summed E-state index contributed by atoms with van der Waals surface area (Å²) in [6, 6.07) is 4.63. The average Bonchev–Trinajstić information content (AvgIpc) is 2.86. The van der Waals surface area contributed by atoms with Crippen LogP contribution in [0.4, 0.5) is 5.13 Å². The van der Waals surface area contributed by atoms with E-state index in [1.165, 1.54) is 12.3 Å². The summed E-state index contributed by atoms with van der Waals surface area (Å²) in [6.45, 7) is -0.288. The second-order valence-corrected chi connectivity index (χ2v) is 5.62. The van der Waals surface area contributed by atoms with Gasteiger partial charge in [-0.25, -0.2) is 9.78 Å². The Labute approximate surface area is 133 Å². The van der Waals surface area contributed by atoms with Gasteiger partial charge >= 0.3 is 5.97 Å². The van der Waals surface area contributed by atoms with Crippen molar-refractivity contribution in [2.45, 2.75) is 0 Å². The van der Waals surface area contributed by atoms with Crippen molar-refractivity contribution in [2.75, 3.05) is 11.9 Å². The molecule has 0 bridgehead atoms. The molecule has 2 rings (SSSR count). The summed E-state index contributed by atoms with van der Waals surface area (Å²) in [5.41, 5.74) is 0. The van der Waals surface area contributed by atoms with E-state index in [0.717, 1.165) is 11.3 Å². The van der Waals surface area contributed by atoms with E-state index in [1.54, 1.807) is 12.1 Å². The third-order valence-electron chi connectivity index (χ3n) is 2.22. The van der Waals surface area contributed by atoms with Crippen molar-refractivity contribution in [3.63, 3.8) is 0 Å². The van der Waals surface area contributed by atoms with Crippen LogP contribution >= 0.6 is 34.5 Å². The first-order valence-corrected chi connectivity index (χ1v) is 7.10. The number of carbonyl (C=O) groups is 2. The Hall–Kier alpha value is -1.83. The number of carboxylic acids is 1. The molecule has 0 radical (unpaired) electrons. The molecule has 21 heavy (non-hydrogen) atoms. The van der Waals surface area contributed by atoms with Gasteiger partial charge in [0.05, 0.1) is 11.2 Å². The van der Waals surface area contributed by atoms with Crippen molar-refractivity contribution in [2.24, 2.45) is 0 Å². The van der Waals surface area contributed by atoms with E-state index in [2.05, 4.69) is 10.3 Å². The van der Waals surface area contributed by atoms with Crippen LogP contribution in [0.15, 0.2) is 24.4 Å². The normalized spacial score (nSPS) is 10.2. The fraction of sp³-hybridized carbons (Fsp3) is 0.0833. The minimum Gasteiger partial charge on any atom is -0.482 e. The number of carboxylic acid groups (broad SMARTS) is 1. The summed E-state index contributed by atoms with van der Waals surface area (Å²) in [7, 11) is 0. The molecule has 1 heterocycles. The molecule has 110 valence electrons. The number of halogens is 2. The first kappa shape index (κ1) is 15.6. The minimum absolute atomic E-state index is 0.0342. The molecular weight excluding hydrogens is 339 g/mol. The summed E-state index contributed by atoms with van der Waals surface area (Å²) in [5, 5.41) is 12.1. The Morgan fingerprint density at radius 2 is 2.14 bits per heavy atom. The molecule has 0 aliphatic rings. The van der Waals surface area contributed by atoms with Crippen LogP contribution in [0.2, 0.25) is 10.0 Å². The van der Waals surface area contributed by atoms with Gasteiger partial charge < -0.3 is 9.84 Å². The molecule has 0 saturated carbocycles. The van der Waals surface area contributed by atoms with E-state index in [1.807, 2.05) is 0 Å². The maximum atomic E-state index is 11.7. The molecule has 2 aromatic rings. The average molecular weight is 347 g/mol. The Balaban J connectivity index is 1.91. The quantitative estimate of drug-likeness (QED) is 0.867. The SMILES string of the molecule is O=C(COc1ccc(Cl)cc1Cl)Nc1ncc(C(=O)O)s1. The molecule has 0 fully saturated rings. The van der Waals surface area contributed by atoms with Gasteiger partial charge in [-0.15, -0.1) is 0 Å². The molecule has 0 aliphatic heterocycles. The van der Waals surface area contributed by atoms with Gasteiger partial charge in [-0.05, 0) is 18.2 Å². The number of anilines is 1. The summed E-state index contributed by atoms with van der Waals surface area (Å²) < 4.78 is 5.24. The van der Waals surface area contributed by atoms with Crippen molar-refractivity contribution >= 4 is 51.5 Å². The van der Waals surface area contributed by atoms with Crippen molar-refractivity contribution < 1.29 is 19.4 Å². The third kappa shape index (κ3) is 4.32. The molecule has 1 aromatic heterocycles. The number of thiazole rings is 1. The van der Waals surface area contributed by atoms with E-state index >= 15 is 0 Å². The lowest BCUT2D eigenvalue weighted by Gasteiger charge is -2.07. The van der Waals surface area contributed by atoms with Gasteiger partial charge in [-0.1, -0.05) is 34.5 Å². The number of aromatic nitrogens is 1. The van der Waals surface area contributed by atoms with Gasteiger partial charge in [0.25, 0.3) is 5.91 Å². The zero-order valence-electron chi connectivity index (χ0n) is 10.3. The molecule has 1 amide bonds. The van der Waals surface area contributed by atoms with Gasteiger partial charge in [0.15, 0.2) is 11.7 Å². The predicted octanol–water partition coefficient (Wildman–Crippen LogP) is 3.17. The highest BCUT2D eigenvalue weighted by molar-refractivity contribution is 7.17. The number of aromatic carboxylic acids is 1. The zero-order chi connectivity index (χ0) is 15.4. The number of nitrogens with one attached hydrogen (secondary N) is 1. The lowest BCUT2D eigenvalue weighted by Crippen LogP contribution is -2.20. The Bertz CT molecular complexity index is 690. The number of amides is 1. The second kappa shape index (κ2) is 6.75. The number of hydrogen-bond acceptors (Lipinski definition) is 5. The smallest absolute Gasteiger partial charge is 0.347 e. The highest BCUT2D eigenvalue weighted by atomic mass is 35.5. The first-order chi connectivity index (χ1) is 9.95. The van der Waals surface area contributed by atoms with Crippen molar-refractivity contribution in [3.8, 4) is 5.75 Å². The van der Waals surface area contributed by atoms with Gasteiger partial charge in [-0.2, -0.15) is 0 Å². The zero-order valence-corrected chi connectivity index (χ0v) is 12.6. The number of rotatable bonds is 5. The van der Waals surface area contributed by atoms with Gasteiger partial charge in [0.2, 0.25) is 0 Å². The highest BCUT2D eigenvalue weighted by Gasteiger charge is 2.12. The summed E-state index contributed by atoms with van der Waals surface area (Å²) in [4.78, 5) is 26.1. The molecule has 9 heteroatoms. The highest BCUT2D eigenvalue weighted by Crippen LogP contribution is 2.27. The van der Waals surface area contributed by atoms with Crippen molar-refractivity contribution in [1.29, 1.82) is 0 Å². The number of benzene rings is 1. The number of nitrogens with zero attached hydrogens (tertiary/aromatic N) is 1. The van der Waals surface area contributed by atoms with Crippen LogP contribution in [0.25, 0.3) is 0 Å². The summed E-state index contributed by atoms with van der Waals surface area (Å²) in [5.74, 6) is -1.26. The summed E-state index contributed by atoms with van der Waals surface area (Å²) in [6.07, 6.45) is 1.17. The van der Waals surface area contributed by atoms with Crippen LogP contribution in [0.1, 0.15) is 9.67 Å². The molecule has 0 atom stereocenters. The molecule has 6 nitrogen and oxygen atoms in total. The molecule has 0 spiro atoms. The maximum Gasteiger partial charge on any atom is 0.347 e. The van der Waals surface area contributed by atoms with E-state index in [0.29, 0.717) is 10.8 Å². The molecule has 1 aromatic carbocycles. The van der Waals surface area contributed by atoms with Crippen LogP contribution in [-0.4, -0.2) is 28.6 Å². The fourth-order valence-electron chi connectivity index (χ4n) is 1.32. The van der Waals surface area contributed by atoms with Gasteiger partial charge in [0.1, 0.15) is 10.6 Å². The van der Waals surface area contributed by atoms with E-state index in [-0.39, 0.29) is 21.6 Å². The lowest BCUT2D eigenvalue weighted by molar-refractivity contribution is -0.118. The Morgan fingerprint density at radius 1 is 1.38 bits per heavy atom. The monoisotopic (exact) mass is 346 g/mol.